The van der Waals surface area contributed by atoms with E-state index in [1.165, 1.54) is 26.2 Å². The Kier molecular flexibility index (Phi) is 6.61. The van der Waals surface area contributed by atoms with Gasteiger partial charge in [0.2, 0.25) is 0 Å². The van der Waals surface area contributed by atoms with Crippen LogP contribution in [0.2, 0.25) is 0 Å². The minimum absolute atomic E-state index is 0.586. The third-order valence-corrected chi connectivity index (χ3v) is 4.05. The molecule has 0 amide bonds. The number of nitrogens with one attached hydrogen (secondary N) is 1. The SMILES string of the molecule is CC(C)NCC(C(C)C)N1CCN(C(C)C)CC1. The van der Waals surface area contributed by atoms with Crippen LogP contribution in [0, 0.1) is 5.92 Å². The first-order chi connectivity index (χ1) is 8.41. The number of nitrogens with zero attached hydrogens (tertiary/aromatic N) is 2. The molecule has 1 N–H and O–H groups in total. The van der Waals surface area contributed by atoms with Crippen molar-refractivity contribution in [1.29, 1.82) is 0 Å². The molecule has 0 aliphatic carbocycles. The molecule has 18 heavy (non-hydrogen) atoms. The molecule has 0 radical (unpaired) electrons. The maximum Gasteiger partial charge on any atom is 0.0244 e. The number of hydrogen-bond acceptors (Lipinski definition) is 3. The molecule has 0 saturated carbocycles. The lowest BCUT2D eigenvalue weighted by molar-refractivity contribution is 0.0608. The molecule has 0 aromatic carbocycles. The summed E-state index contributed by atoms with van der Waals surface area (Å²) < 4.78 is 0. The molecule has 1 rings (SSSR count). The van der Waals surface area contributed by atoms with Crippen LogP contribution in [0.1, 0.15) is 41.5 Å². The largest absolute Gasteiger partial charge is 0.313 e. The normalized spacial score (nSPS) is 21.2. The van der Waals surface area contributed by atoms with Crippen LogP contribution in [0.3, 0.4) is 0 Å². The molecule has 3 nitrogen and oxygen atoms in total. The van der Waals surface area contributed by atoms with Gasteiger partial charge in [-0.05, 0) is 19.8 Å². The smallest absolute Gasteiger partial charge is 0.0244 e. The van der Waals surface area contributed by atoms with Gasteiger partial charge in [0, 0.05) is 50.8 Å². The Morgan fingerprint density at radius 3 is 1.72 bits per heavy atom. The summed E-state index contributed by atoms with van der Waals surface area (Å²) in [5.74, 6) is 0.724. The standard InChI is InChI=1S/C15H33N3/c1-12(2)15(11-16-13(3)4)18-9-7-17(8-10-18)14(5)6/h12-16H,7-11H2,1-6H3. The van der Waals surface area contributed by atoms with Crippen molar-refractivity contribution in [2.75, 3.05) is 32.7 Å². The predicted octanol–water partition coefficient (Wildman–Crippen LogP) is 2.03. The van der Waals surface area contributed by atoms with Gasteiger partial charge in [0.15, 0.2) is 0 Å². The van der Waals surface area contributed by atoms with Crippen LogP contribution in [0.15, 0.2) is 0 Å². The highest BCUT2D eigenvalue weighted by molar-refractivity contribution is 4.83. The van der Waals surface area contributed by atoms with E-state index >= 15 is 0 Å². The molecule has 1 fully saturated rings. The van der Waals surface area contributed by atoms with E-state index in [2.05, 4.69) is 56.7 Å². The van der Waals surface area contributed by atoms with E-state index in [1.807, 2.05) is 0 Å². The van der Waals surface area contributed by atoms with E-state index in [4.69, 9.17) is 0 Å². The highest BCUT2D eigenvalue weighted by Gasteiger charge is 2.26. The van der Waals surface area contributed by atoms with Crippen LogP contribution in [-0.4, -0.2) is 60.6 Å². The summed E-state index contributed by atoms with van der Waals surface area (Å²) in [6, 6.07) is 1.96. The first-order valence-electron chi connectivity index (χ1n) is 7.63. The van der Waals surface area contributed by atoms with E-state index in [9.17, 15) is 0 Å². The Labute approximate surface area is 114 Å². The third-order valence-electron chi connectivity index (χ3n) is 4.05. The summed E-state index contributed by atoms with van der Waals surface area (Å²) in [4.78, 5) is 5.27. The zero-order chi connectivity index (χ0) is 13.7. The fraction of sp³-hybridized carbons (Fsp3) is 1.00. The summed E-state index contributed by atoms with van der Waals surface area (Å²) in [6.45, 7) is 19.8. The van der Waals surface area contributed by atoms with Crippen molar-refractivity contribution in [2.45, 2.75) is 59.7 Å². The third kappa shape index (κ3) is 4.87. The van der Waals surface area contributed by atoms with Crippen LogP contribution in [0.5, 0.6) is 0 Å². The number of hydrogen-bond donors (Lipinski definition) is 1. The minimum Gasteiger partial charge on any atom is -0.313 e. The van der Waals surface area contributed by atoms with Crippen molar-refractivity contribution >= 4 is 0 Å². The van der Waals surface area contributed by atoms with Gasteiger partial charge in [-0.15, -0.1) is 0 Å². The maximum absolute atomic E-state index is 3.60. The molecule has 1 unspecified atom stereocenters. The van der Waals surface area contributed by atoms with Crippen LogP contribution in [0.4, 0.5) is 0 Å². The average Bonchev–Trinajstić information content (AvgIpc) is 2.29. The van der Waals surface area contributed by atoms with E-state index < -0.39 is 0 Å². The zero-order valence-corrected chi connectivity index (χ0v) is 13.2. The number of piperazine rings is 1. The molecule has 1 saturated heterocycles. The molecule has 0 aromatic rings. The van der Waals surface area contributed by atoms with Crippen molar-refractivity contribution in [3.05, 3.63) is 0 Å². The summed E-state index contributed by atoms with van der Waals surface area (Å²) in [5.41, 5.74) is 0. The van der Waals surface area contributed by atoms with Gasteiger partial charge in [0.1, 0.15) is 0 Å². The Hall–Kier alpha value is -0.120. The van der Waals surface area contributed by atoms with Gasteiger partial charge in [0.05, 0.1) is 0 Å². The van der Waals surface area contributed by atoms with Crippen molar-refractivity contribution in [1.82, 2.24) is 15.1 Å². The molecule has 1 aliphatic rings. The molecular formula is C15H33N3. The summed E-state index contributed by atoms with van der Waals surface area (Å²) >= 11 is 0. The van der Waals surface area contributed by atoms with E-state index in [0.29, 0.717) is 18.1 Å². The number of rotatable bonds is 6. The summed E-state index contributed by atoms with van der Waals surface area (Å²) in [7, 11) is 0. The van der Waals surface area contributed by atoms with Crippen LogP contribution < -0.4 is 5.32 Å². The van der Waals surface area contributed by atoms with Gasteiger partial charge < -0.3 is 5.32 Å². The van der Waals surface area contributed by atoms with Crippen molar-refractivity contribution in [3.63, 3.8) is 0 Å². The van der Waals surface area contributed by atoms with Gasteiger partial charge in [0.25, 0.3) is 0 Å². The van der Waals surface area contributed by atoms with E-state index in [1.54, 1.807) is 0 Å². The van der Waals surface area contributed by atoms with Gasteiger partial charge in [-0.25, -0.2) is 0 Å². The van der Waals surface area contributed by atoms with Gasteiger partial charge in [-0.3, -0.25) is 9.80 Å². The first kappa shape index (κ1) is 15.9. The second-order valence-electron chi connectivity index (χ2n) is 6.54. The Morgan fingerprint density at radius 2 is 1.33 bits per heavy atom. The average molecular weight is 255 g/mol. The molecule has 108 valence electrons. The summed E-state index contributed by atoms with van der Waals surface area (Å²) in [6.07, 6.45) is 0. The molecule has 0 spiro atoms. The van der Waals surface area contributed by atoms with Crippen LogP contribution >= 0.6 is 0 Å². The molecule has 3 heteroatoms. The molecule has 0 bridgehead atoms. The van der Waals surface area contributed by atoms with Gasteiger partial charge in [-0.1, -0.05) is 27.7 Å². The Bertz CT molecular complexity index is 218. The highest BCUT2D eigenvalue weighted by Crippen LogP contribution is 2.14. The van der Waals surface area contributed by atoms with E-state index in [-0.39, 0.29) is 0 Å². The fourth-order valence-corrected chi connectivity index (χ4v) is 2.73. The quantitative estimate of drug-likeness (QED) is 0.783. The van der Waals surface area contributed by atoms with Gasteiger partial charge in [-0.2, -0.15) is 0 Å². The highest BCUT2D eigenvalue weighted by atomic mass is 15.3. The molecule has 0 aromatic heterocycles. The second kappa shape index (κ2) is 7.46. The van der Waals surface area contributed by atoms with Gasteiger partial charge >= 0.3 is 0 Å². The monoisotopic (exact) mass is 255 g/mol. The maximum atomic E-state index is 3.60. The predicted molar refractivity (Wildman–Crippen MR) is 80.0 cm³/mol. The second-order valence-corrected chi connectivity index (χ2v) is 6.54. The van der Waals surface area contributed by atoms with Crippen LogP contribution in [0.25, 0.3) is 0 Å². The molecule has 1 heterocycles. The van der Waals surface area contributed by atoms with Crippen LogP contribution in [-0.2, 0) is 0 Å². The van der Waals surface area contributed by atoms with Crippen molar-refractivity contribution in [3.8, 4) is 0 Å². The zero-order valence-electron chi connectivity index (χ0n) is 13.2. The Balaban J connectivity index is 2.45. The molecule has 1 aliphatic heterocycles. The topological polar surface area (TPSA) is 18.5 Å². The Morgan fingerprint density at radius 1 is 0.833 bits per heavy atom. The minimum atomic E-state index is 0.586. The van der Waals surface area contributed by atoms with Crippen molar-refractivity contribution in [2.24, 2.45) is 5.92 Å². The molecular weight excluding hydrogens is 222 g/mol. The first-order valence-corrected chi connectivity index (χ1v) is 7.63. The fourth-order valence-electron chi connectivity index (χ4n) is 2.73. The molecule has 1 atom stereocenters. The van der Waals surface area contributed by atoms with E-state index in [0.717, 1.165) is 12.5 Å². The lowest BCUT2D eigenvalue weighted by Gasteiger charge is -2.42. The van der Waals surface area contributed by atoms with Crippen molar-refractivity contribution < 1.29 is 0 Å². The summed E-state index contributed by atoms with van der Waals surface area (Å²) in [5, 5.41) is 3.60. The lowest BCUT2D eigenvalue weighted by Crippen LogP contribution is -2.56. The lowest BCUT2D eigenvalue weighted by atomic mass is 10.0.